The van der Waals surface area contributed by atoms with Crippen LogP contribution in [0.5, 0.6) is 0 Å². The molecule has 2 heteroatoms. The summed E-state index contributed by atoms with van der Waals surface area (Å²) in [7, 11) is 0. The molecule has 2 fully saturated rings. The third kappa shape index (κ3) is 2.71. The van der Waals surface area contributed by atoms with Crippen molar-refractivity contribution in [2.45, 2.75) is 45.1 Å². The molecule has 2 nitrogen and oxygen atoms in total. The van der Waals surface area contributed by atoms with Crippen molar-refractivity contribution in [3.63, 3.8) is 0 Å². The second kappa shape index (κ2) is 5.13. The summed E-state index contributed by atoms with van der Waals surface area (Å²) in [6.07, 6.45) is 7.21. The van der Waals surface area contributed by atoms with Gasteiger partial charge in [0.25, 0.3) is 0 Å². The first-order valence-corrected chi connectivity index (χ1v) is 6.34. The largest absolute Gasteiger partial charge is 0.313 e. The van der Waals surface area contributed by atoms with Crippen molar-refractivity contribution in [1.29, 1.82) is 0 Å². The lowest BCUT2D eigenvalue weighted by Gasteiger charge is -2.33. The Hall–Kier alpha value is -0.0800. The first-order chi connectivity index (χ1) is 6.88. The third-order valence-electron chi connectivity index (χ3n) is 3.83. The third-order valence-corrected chi connectivity index (χ3v) is 3.83. The maximum atomic E-state index is 3.59. The second-order valence-electron chi connectivity index (χ2n) is 4.94. The minimum atomic E-state index is 0.787. The Morgan fingerprint density at radius 1 is 1.14 bits per heavy atom. The van der Waals surface area contributed by atoms with Gasteiger partial charge in [0.2, 0.25) is 0 Å². The number of rotatable bonds is 5. The van der Waals surface area contributed by atoms with Gasteiger partial charge in [-0.2, -0.15) is 0 Å². The second-order valence-corrected chi connectivity index (χ2v) is 4.94. The highest BCUT2D eigenvalue weighted by atomic mass is 15.2. The zero-order valence-electron chi connectivity index (χ0n) is 9.47. The lowest BCUT2D eigenvalue weighted by molar-refractivity contribution is 0.173. The minimum Gasteiger partial charge on any atom is -0.313 e. The van der Waals surface area contributed by atoms with Crippen LogP contribution in [0, 0.1) is 5.92 Å². The molecule has 2 rings (SSSR count). The molecule has 0 radical (unpaired) electrons. The molecule has 0 aromatic rings. The summed E-state index contributed by atoms with van der Waals surface area (Å²) >= 11 is 0. The van der Waals surface area contributed by atoms with Crippen LogP contribution in [-0.4, -0.2) is 37.1 Å². The SMILES string of the molecule is CCN(CC1CCC1)C[C@@H]1CCCN1. The summed E-state index contributed by atoms with van der Waals surface area (Å²) < 4.78 is 0. The zero-order chi connectivity index (χ0) is 9.80. The van der Waals surface area contributed by atoms with Gasteiger partial charge in [0.15, 0.2) is 0 Å². The van der Waals surface area contributed by atoms with Crippen LogP contribution in [0.3, 0.4) is 0 Å². The van der Waals surface area contributed by atoms with Crippen molar-refractivity contribution in [3.05, 3.63) is 0 Å². The molecule has 0 unspecified atom stereocenters. The summed E-state index contributed by atoms with van der Waals surface area (Å²) in [6.45, 7) is 7.41. The predicted molar refractivity (Wildman–Crippen MR) is 60.5 cm³/mol. The Balaban J connectivity index is 1.68. The molecule has 1 aliphatic heterocycles. The highest BCUT2D eigenvalue weighted by Crippen LogP contribution is 2.27. The molecule has 1 aliphatic carbocycles. The number of nitrogens with one attached hydrogen (secondary N) is 1. The van der Waals surface area contributed by atoms with Gasteiger partial charge < -0.3 is 10.2 Å². The molecule has 1 N–H and O–H groups in total. The van der Waals surface area contributed by atoms with Crippen LogP contribution in [-0.2, 0) is 0 Å². The van der Waals surface area contributed by atoms with Gasteiger partial charge in [0.1, 0.15) is 0 Å². The Kier molecular flexibility index (Phi) is 3.82. The number of likely N-dealkylation sites (N-methyl/N-ethyl adjacent to an activating group) is 1. The Morgan fingerprint density at radius 3 is 2.50 bits per heavy atom. The van der Waals surface area contributed by atoms with E-state index in [1.165, 1.54) is 58.3 Å². The van der Waals surface area contributed by atoms with Gasteiger partial charge in [0, 0.05) is 19.1 Å². The molecule has 0 spiro atoms. The molecule has 0 amide bonds. The van der Waals surface area contributed by atoms with E-state index in [1.807, 2.05) is 0 Å². The lowest BCUT2D eigenvalue weighted by atomic mass is 9.85. The quantitative estimate of drug-likeness (QED) is 0.722. The van der Waals surface area contributed by atoms with E-state index in [-0.39, 0.29) is 0 Å². The van der Waals surface area contributed by atoms with Gasteiger partial charge in [-0.05, 0) is 44.7 Å². The molecule has 0 aromatic heterocycles. The van der Waals surface area contributed by atoms with Gasteiger partial charge in [0.05, 0.1) is 0 Å². The zero-order valence-corrected chi connectivity index (χ0v) is 9.47. The van der Waals surface area contributed by atoms with E-state index in [9.17, 15) is 0 Å². The van der Waals surface area contributed by atoms with E-state index in [0.29, 0.717) is 0 Å². The van der Waals surface area contributed by atoms with Crippen molar-refractivity contribution in [1.82, 2.24) is 10.2 Å². The standard InChI is InChI=1S/C12H24N2/c1-2-14(9-11-5-3-6-11)10-12-7-4-8-13-12/h11-13H,2-10H2,1H3/t12-/m0/s1. The first kappa shape index (κ1) is 10.4. The van der Waals surface area contributed by atoms with E-state index in [1.54, 1.807) is 0 Å². The summed E-state index contributed by atoms with van der Waals surface area (Å²) in [4.78, 5) is 2.65. The van der Waals surface area contributed by atoms with Crippen molar-refractivity contribution < 1.29 is 0 Å². The highest BCUT2D eigenvalue weighted by Gasteiger charge is 2.22. The molecule has 0 aromatic carbocycles. The average molecular weight is 196 g/mol. The van der Waals surface area contributed by atoms with E-state index < -0.39 is 0 Å². The fraction of sp³-hybridized carbons (Fsp3) is 1.00. The fourth-order valence-electron chi connectivity index (χ4n) is 2.60. The monoisotopic (exact) mass is 196 g/mol. The molecule has 82 valence electrons. The molecule has 2 aliphatic rings. The molecule has 1 saturated carbocycles. The van der Waals surface area contributed by atoms with Gasteiger partial charge in [-0.3, -0.25) is 0 Å². The van der Waals surface area contributed by atoms with Crippen LogP contribution in [0.25, 0.3) is 0 Å². The molecule has 1 heterocycles. The predicted octanol–water partition coefficient (Wildman–Crippen LogP) is 1.86. The van der Waals surface area contributed by atoms with Crippen molar-refractivity contribution in [3.8, 4) is 0 Å². The maximum absolute atomic E-state index is 3.59. The van der Waals surface area contributed by atoms with E-state index in [4.69, 9.17) is 0 Å². The molecule has 14 heavy (non-hydrogen) atoms. The highest BCUT2D eigenvalue weighted by molar-refractivity contribution is 4.80. The minimum absolute atomic E-state index is 0.787. The molecule has 1 saturated heterocycles. The fourth-order valence-corrected chi connectivity index (χ4v) is 2.60. The van der Waals surface area contributed by atoms with Gasteiger partial charge >= 0.3 is 0 Å². The van der Waals surface area contributed by atoms with Crippen LogP contribution in [0.4, 0.5) is 0 Å². The van der Waals surface area contributed by atoms with Crippen LogP contribution >= 0.6 is 0 Å². The van der Waals surface area contributed by atoms with Crippen LogP contribution in [0.2, 0.25) is 0 Å². The lowest BCUT2D eigenvalue weighted by Crippen LogP contribution is -2.40. The Bertz CT molecular complexity index is 160. The molecule has 0 bridgehead atoms. The smallest absolute Gasteiger partial charge is 0.0195 e. The van der Waals surface area contributed by atoms with Crippen LogP contribution < -0.4 is 5.32 Å². The van der Waals surface area contributed by atoms with E-state index in [0.717, 1.165) is 12.0 Å². The van der Waals surface area contributed by atoms with Crippen LogP contribution in [0.15, 0.2) is 0 Å². The number of nitrogens with zero attached hydrogens (tertiary/aromatic N) is 1. The Labute approximate surface area is 88.1 Å². The van der Waals surface area contributed by atoms with Crippen LogP contribution in [0.1, 0.15) is 39.0 Å². The van der Waals surface area contributed by atoms with Gasteiger partial charge in [-0.15, -0.1) is 0 Å². The number of hydrogen-bond donors (Lipinski definition) is 1. The maximum Gasteiger partial charge on any atom is 0.0195 e. The van der Waals surface area contributed by atoms with Gasteiger partial charge in [-0.1, -0.05) is 13.3 Å². The summed E-state index contributed by atoms with van der Waals surface area (Å²) in [6, 6.07) is 0.787. The summed E-state index contributed by atoms with van der Waals surface area (Å²) in [5.41, 5.74) is 0. The average Bonchev–Trinajstić information content (AvgIpc) is 2.61. The summed E-state index contributed by atoms with van der Waals surface area (Å²) in [5.74, 6) is 1.02. The van der Waals surface area contributed by atoms with E-state index in [2.05, 4.69) is 17.1 Å². The van der Waals surface area contributed by atoms with Crippen molar-refractivity contribution >= 4 is 0 Å². The number of hydrogen-bond acceptors (Lipinski definition) is 2. The topological polar surface area (TPSA) is 15.3 Å². The van der Waals surface area contributed by atoms with E-state index >= 15 is 0 Å². The Morgan fingerprint density at radius 2 is 2.00 bits per heavy atom. The van der Waals surface area contributed by atoms with Gasteiger partial charge in [-0.25, -0.2) is 0 Å². The first-order valence-electron chi connectivity index (χ1n) is 6.34. The molecular formula is C12H24N2. The molecule has 1 atom stereocenters. The van der Waals surface area contributed by atoms with Crippen molar-refractivity contribution in [2.75, 3.05) is 26.2 Å². The normalized spacial score (nSPS) is 28.3. The van der Waals surface area contributed by atoms with Crippen molar-refractivity contribution in [2.24, 2.45) is 5.92 Å². The molecular weight excluding hydrogens is 172 g/mol. The summed E-state index contributed by atoms with van der Waals surface area (Å²) in [5, 5.41) is 3.59.